The molecule has 2 fully saturated rings. The summed E-state index contributed by atoms with van der Waals surface area (Å²) in [6.45, 7) is 6.06. The smallest absolute Gasteiger partial charge is 0.252 e. The van der Waals surface area contributed by atoms with Crippen molar-refractivity contribution in [1.29, 1.82) is 0 Å². The minimum Gasteiger partial charge on any atom is -0.365 e. The van der Waals surface area contributed by atoms with E-state index in [-0.39, 0.29) is 24.2 Å². The first-order valence-electron chi connectivity index (χ1n) is 8.78. The molecule has 26 heavy (non-hydrogen) atoms. The number of nitrogens with zero attached hydrogens (tertiary/aromatic N) is 4. The van der Waals surface area contributed by atoms with Crippen molar-refractivity contribution in [2.45, 2.75) is 25.8 Å². The summed E-state index contributed by atoms with van der Waals surface area (Å²) >= 11 is 0. The van der Waals surface area contributed by atoms with Crippen LogP contribution in [0, 0.1) is 5.92 Å². The van der Waals surface area contributed by atoms with Gasteiger partial charge in [0.2, 0.25) is 11.8 Å². The Morgan fingerprint density at radius 1 is 1.23 bits per heavy atom. The molecule has 8 nitrogen and oxygen atoms in total. The molecule has 1 aromatic heterocycles. The number of aromatic nitrogens is 1. The van der Waals surface area contributed by atoms with Crippen LogP contribution in [0.1, 0.15) is 30.6 Å². The Hall–Kier alpha value is -2.64. The summed E-state index contributed by atoms with van der Waals surface area (Å²) in [4.78, 5) is 46.3. The van der Waals surface area contributed by atoms with E-state index in [1.165, 1.54) is 0 Å². The maximum Gasteiger partial charge on any atom is 0.252 e. The number of pyridine rings is 1. The summed E-state index contributed by atoms with van der Waals surface area (Å²) in [6.07, 6.45) is 1.89. The first-order chi connectivity index (χ1) is 12.2. The molecular weight excluding hydrogens is 334 g/mol. The predicted molar refractivity (Wildman–Crippen MR) is 96.5 cm³/mol. The van der Waals surface area contributed by atoms with Crippen LogP contribution in [0.3, 0.4) is 0 Å². The first kappa shape index (κ1) is 18.2. The zero-order valence-corrected chi connectivity index (χ0v) is 15.4. The van der Waals surface area contributed by atoms with Gasteiger partial charge < -0.3 is 20.4 Å². The van der Waals surface area contributed by atoms with Crippen LogP contribution in [-0.4, -0.2) is 71.3 Å². The summed E-state index contributed by atoms with van der Waals surface area (Å²) in [5.41, 5.74) is 5.33. The molecule has 0 spiro atoms. The van der Waals surface area contributed by atoms with Crippen molar-refractivity contribution in [3.63, 3.8) is 0 Å². The van der Waals surface area contributed by atoms with Gasteiger partial charge in [-0.2, -0.15) is 0 Å². The van der Waals surface area contributed by atoms with E-state index in [4.69, 9.17) is 5.73 Å². The molecule has 3 heterocycles. The molecule has 0 aromatic carbocycles. The van der Waals surface area contributed by atoms with Crippen molar-refractivity contribution >= 4 is 23.5 Å². The minimum atomic E-state index is -0.513. The number of carbonyl (C=O) groups is 3. The Morgan fingerprint density at radius 3 is 2.42 bits per heavy atom. The molecule has 8 heteroatoms. The number of likely N-dealkylation sites (tertiary alicyclic amines) is 1. The normalized spacial score (nSPS) is 22.7. The van der Waals surface area contributed by atoms with Gasteiger partial charge in [-0.15, -0.1) is 0 Å². The molecule has 1 atom stereocenters. The monoisotopic (exact) mass is 359 g/mol. The molecule has 2 N–H and O–H groups in total. The highest BCUT2D eigenvalue weighted by molar-refractivity contribution is 5.97. The average molecular weight is 359 g/mol. The van der Waals surface area contributed by atoms with E-state index in [0.717, 1.165) is 0 Å². The Kier molecular flexibility index (Phi) is 4.60. The van der Waals surface area contributed by atoms with Crippen molar-refractivity contribution in [2.75, 3.05) is 38.1 Å². The Bertz CT molecular complexity index is 740. The number of primary amides is 1. The SMILES string of the molecule is CN1C(=O)C[C@@H](C(=O)N2CCN(c3ncccc3C(N)=O)CC2)C1(C)C. The Morgan fingerprint density at radius 2 is 1.88 bits per heavy atom. The highest BCUT2D eigenvalue weighted by Gasteiger charge is 2.49. The molecule has 0 unspecified atom stereocenters. The second-order valence-corrected chi connectivity index (χ2v) is 7.41. The van der Waals surface area contributed by atoms with Gasteiger partial charge in [0.25, 0.3) is 5.91 Å². The molecule has 2 saturated heterocycles. The Balaban J connectivity index is 1.69. The highest BCUT2D eigenvalue weighted by atomic mass is 16.2. The van der Waals surface area contributed by atoms with E-state index in [1.807, 2.05) is 23.6 Å². The molecule has 2 aliphatic rings. The van der Waals surface area contributed by atoms with Crippen LogP contribution in [0.15, 0.2) is 18.3 Å². The molecule has 3 amide bonds. The quantitative estimate of drug-likeness (QED) is 0.824. The van der Waals surface area contributed by atoms with Crippen LogP contribution in [0.5, 0.6) is 0 Å². The fourth-order valence-electron chi connectivity index (χ4n) is 3.71. The standard InChI is InChI=1S/C18H25N5O3/c1-18(2)13(11-14(24)21(18)3)17(26)23-9-7-22(8-10-23)16-12(15(19)25)5-4-6-20-16/h4-6,13H,7-11H2,1-3H3,(H2,19,25)/t13-/m0/s1. The number of rotatable bonds is 3. The van der Waals surface area contributed by atoms with E-state index in [9.17, 15) is 14.4 Å². The highest BCUT2D eigenvalue weighted by Crippen LogP contribution is 2.35. The van der Waals surface area contributed by atoms with E-state index in [2.05, 4.69) is 4.98 Å². The average Bonchev–Trinajstić information content (AvgIpc) is 2.84. The van der Waals surface area contributed by atoms with Crippen molar-refractivity contribution in [3.05, 3.63) is 23.9 Å². The Labute approximate surface area is 152 Å². The van der Waals surface area contributed by atoms with Crippen LogP contribution >= 0.6 is 0 Å². The molecule has 2 aliphatic heterocycles. The maximum atomic E-state index is 13.0. The lowest BCUT2D eigenvalue weighted by Crippen LogP contribution is -2.54. The number of anilines is 1. The number of amides is 3. The van der Waals surface area contributed by atoms with Crippen LogP contribution in [0.4, 0.5) is 5.82 Å². The van der Waals surface area contributed by atoms with Gasteiger partial charge in [0.15, 0.2) is 0 Å². The van der Waals surface area contributed by atoms with E-state index < -0.39 is 11.4 Å². The lowest BCUT2D eigenvalue weighted by molar-refractivity contribution is -0.138. The molecule has 140 valence electrons. The van der Waals surface area contributed by atoms with Gasteiger partial charge in [-0.3, -0.25) is 14.4 Å². The third kappa shape index (κ3) is 3.00. The van der Waals surface area contributed by atoms with Crippen LogP contribution < -0.4 is 10.6 Å². The van der Waals surface area contributed by atoms with Gasteiger partial charge in [-0.25, -0.2) is 4.98 Å². The predicted octanol–water partition coefficient (Wildman–Crippen LogP) is 0.0860. The van der Waals surface area contributed by atoms with Crippen molar-refractivity contribution in [3.8, 4) is 0 Å². The van der Waals surface area contributed by atoms with Crippen LogP contribution in [0.25, 0.3) is 0 Å². The summed E-state index contributed by atoms with van der Waals surface area (Å²) in [7, 11) is 1.75. The van der Waals surface area contributed by atoms with E-state index in [0.29, 0.717) is 37.6 Å². The summed E-state index contributed by atoms with van der Waals surface area (Å²) in [5, 5.41) is 0. The fourth-order valence-corrected chi connectivity index (χ4v) is 3.71. The number of hydrogen-bond acceptors (Lipinski definition) is 5. The van der Waals surface area contributed by atoms with Gasteiger partial charge in [-0.1, -0.05) is 0 Å². The van der Waals surface area contributed by atoms with Crippen LogP contribution in [-0.2, 0) is 9.59 Å². The van der Waals surface area contributed by atoms with Crippen molar-refractivity contribution in [1.82, 2.24) is 14.8 Å². The molecule has 0 saturated carbocycles. The van der Waals surface area contributed by atoms with Gasteiger partial charge in [-0.05, 0) is 26.0 Å². The number of piperazine rings is 1. The van der Waals surface area contributed by atoms with Gasteiger partial charge in [0.1, 0.15) is 5.82 Å². The van der Waals surface area contributed by atoms with Crippen LogP contribution in [0.2, 0.25) is 0 Å². The topological polar surface area (TPSA) is 99.8 Å². The summed E-state index contributed by atoms with van der Waals surface area (Å²) in [6, 6.07) is 3.34. The molecule has 0 bridgehead atoms. The second-order valence-electron chi connectivity index (χ2n) is 7.41. The second kappa shape index (κ2) is 6.59. The van der Waals surface area contributed by atoms with Crippen molar-refractivity contribution in [2.24, 2.45) is 11.7 Å². The molecular formula is C18H25N5O3. The largest absolute Gasteiger partial charge is 0.365 e. The molecule has 1 aromatic rings. The third-order valence-electron chi connectivity index (χ3n) is 5.71. The minimum absolute atomic E-state index is 0.00608. The zero-order chi connectivity index (χ0) is 19.1. The van der Waals surface area contributed by atoms with Gasteiger partial charge in [0.05, 0.1) is 11.5 Å². The molecule has 3 rings (SSSR count). The maximum absolute atomic E-state index is 13.0. The zero-order valence-electron chi connectivity index (χ0n) is 15.4. The number of hydrogen-bond donors (Lipinski definition) is 1. The fraction of sp³-hybridized carbons (Fsp3) is 0.556. The van der Waals surface area contributed by atoms with Gasteiger partial charge >= 0.3 is 0 Å². The lowest BCUT2D eigenvalue weighted by atomic mass is 9.87. The summed E-state index contributed by atoms with van der Waals surface area (Å²) < 4.78 is 0. The summed E-state index contributed by atoms with van der Waals surface area (Å²) in [5.74, 6) is -0.262. The van der Waals surface area contributed by atoms with E-state index >= 15 is 0 Å². The number of carbonyl (C=O) groups excluding carboxylic acids is 3. The first-order valence-corrected chi connectivity index (χ1v) is 8.78. The van der Waals surface area contributed by atoms with Gasteiger partial charge in [0, 0.05) is 51.4 Å². The van der Waals surface area contributed by atoms with E-state index in [1.54, 1.807) is 30.3 Å². The third-order valence-corrected chi connectivity index (χ3v) is 5.71. The lowest BCUT2D eigenvalue weighted by Gasteiger charge is -2.39. The molecule has 0 aliphatic carbocycles. The number of nitrogens with two attached hydrogens (primary N) is 1. The molecule has 0 radical (unpaired) electrons. The van der Waals surface area contributed by atoms with Crippen molar-refractivity contribution < 1.29 is 14.4 Å².